The van der Waals surface area contributed by atoms with Gasteiger partial charge in [-0.1, -0.05) is 0 Å². The summed E-state index contributed by atoms with van der Waals surface area (Å²) in [6.07, 6.45) is 1.03. The van der Waals surface area contributed by atoms with Crippen LogP contribution in [0, 0.1) is 5.82 Å². The van der Waals surface area contributed by atoms with Gasteiger partial charge < -0.3 is 19.3 Å². The van der Waals surface area contributed by atoms with E-state index in [-0.39, 0.29) is 30.0 Å². The zero-order chi connectivity index (χ0) is 17.0. The van der Waals surface area contributed by atoms with Crippen molar-refractivity contribution in [1.82, 2.24) is 9.88 Å². The Hall–Kier alpha value is -1.73. The molecule has 2 heterocycles. The van der Waals surface area contributed by atoms with E-state index in [0.717, 1.165) is 0 Å². The van der Waals surface area contributed by atoms with E-state index in [0.29, 0.717) is 25.5 Å². The van der Waals surface area contributed by atoms with Gasteiger partial charge in [-0.05, 0) is 26.0 Å². The maximum atomic E-state index is 13.0. The van der Waals surface area contributed by atoms with Gasteiger partial charge in [-0.15, -0.1) is 0 Å². The first kappa shape index (κ1) is 17.6. The molecule has 1 atom stereocenters. The third kappa shape index (κ3) is 5.14. The number of anilines is 1. The van der Waals surface area contributed by atoms with Crippen molar-refractivity contribution in [2.75, 3.05) is 45.3 Å². The molecule has 0 spiro atoms. The molecule has 0 aromatic carbocycles. The molecule has 0 bridgehead atoms. The van der Waals surface area contributed by atoms with Gasteiger partial charge in [0.15, 0.2) is 0 Å². The van der Waals surface area contributed by atoms with Crippen LogP contribution in [0.4, 0.5) is 10.2 Å². The Morgan fingerprint density at radius 2 is 2.26 bits per heavy atom. The number of carbonyl (C=O) groups excluding carboxylic acids is 1. The summed E-state index contributed by atoms with van der Waals surface area (Å²) >= 11 is 0. The highest BCUT2D eigenvalue weighted by molar-refractivity contribution is 5.76. The number of rotatable bonds is 5. The first-order valence-electron chi connectivity index (χ1n) is 7.59. The maximum Gasteiger partial charge on any atom is 0.248 e. The Bertz CT molecular complexity index is 534. The third-order valence-electron chi connectivity index (χ3n) is 3.55. The van der Waals surface area contributed by atoms with Crippen molar-refractivity contribution >= 4 is 11.7 Å². The molecule has 0 radical (unpaired) electrons. The minimum absolute atomic E-state index is 0.0298. The first-order valence-corrected chi connectivity index (χ1v) is 7.59. The van der Waals surface area contributed by atoms with E-state index in [1.165, 1.54) is 17.2 Å². The number of nitrogens with zero attached hydrogens (tertiary/aromatic N) is 3. The number of pyridine rings is 1. The Labute approximate surface area is 136 Å². The minimum atomic E-state index is -0.381. The number of hydrogen-bond donors (Lipinski definition) is 0. The molecule has 1 aliphatic rings. The SMILES string of the molecule is CN(C)C(=O)COC[C@@H]1CN(c2ccc(F)cn2)CC(C)(C)O1. The van der Waals surface area contributed by atoms with Crippen molar-refractivity contribution in [3.8, 4) is 0 Å². The Morgan fingerprint density at radius 3 is 2.87 bits per heavy atom. The lowest BCUT2D eigenvalue weighted by Crippen LogP contribution is -2.54. The summed E-state index contributed by atoms with van der Waals surface area (Å²) in [7, 11) is 3.38. The number of morpholine rings is 1. The highest BCUT2D eigenvalue weighted by atomic mass is 19.1. The summed E-state index contributed by atoms with van der Waals surface area (Å²) in [6, 6.07) is 3.05. The van der Waals surface area contributed by atoms with Crippen LogP contribution >= 0.6 is 0 Å². The van der Waals surface area contributed by atoms with Gasteiger partial charge in [0.2, 0.25) is 5.91 Å². The minimum Gasteiger partial charge on any atom is -0.369 e. The van der Waals surface area contributed by atoms with Crippen LogP contribution in [0.3, 0.4) is 0 Å². The average Bonchev–Trinajstić information content (AvgIpc) is 2.46. The molecule has 0 aliphatic carbocycles. The van der Waals surface area contributed by atoms with Crippen LogP contribution in [0.5, 0.6) is 0 Å². The van der Waals surface area contributed by atoms with Gasteiger partial charge in [0, 0.05) is 27.2 Å². The van der Waals surface area contributed by atoms with Crippen molar-refractivity contribution in [3.05, 3.63) is 24.1 Å². The number of amides is 1. The van der Waals surface area contributed by atoms with Gasteiger partial charge in [-0.2, -0.15) is 0 Å². The molecule has 2 rings (SSSR count). The van der Waals surface area contributed by atoms with Crippen LogP contribution in [-0.4, -0.2) is 67.9 Å². The standard InChI is InChI=1S/C16H24FN3O3/c1-16(2)11-20(14-6-5-12(17)7-18-14)8-13(23-16)9-22-10-15(21)19(3)4/h5-7,13H,8-11H2,1-4H3/t13-/m0/s1. The molecule has 7 heteroatoms. The Kier molecular flexibility index (Phi) is 5.54. The normalized spacial score (nSPS) is 20.4. The predicted molar refractivity (Wildman–Crippen MR) is 84.9 cm³/mol. The van der Waals surface area contributed by atoms with E-state index in [4.69, 9.17) is 9.47 Å². The van der Waals surface area contributed by atoms with E-state index < -0.39 is 0 Å². The summed E-state index contributed by atoms with van der Waals surface area (Å²) in [5, 5.41) is 0. The summed E-state index contributed by atoms with van der Waals surface area (Å²) in [5.41, 5.74) is -0.381. The first-order chi connectivity index (χ1) is 10.8. The molecule has 1 aliphatic heterocycles. The van der Waals surface area contributed by atoms with Gasteiger partial charge in [0.05, 0.1) is 24.5 Å². The molecule has 1 aromatic rings. The molecule has 128 valence electrons. The summed E-state index contributed by atoms with van der Waals surface area (Å²) in [6.45, 7) is 5.56. The topological polar surface area (TPSA) is 54.9 Å². The van der Waals surface area contributed by atoms with Crippen molar-refractivity contribution in [3.63, 3.8) is 0 Å². The molecule has 0 N–H and O–H groups in total. The van der Waals surface area contributed by atoms with Gasteiger partial charge in [-0.3, -0.25) is 4.79 Å². The number of halogens is 1. The number of carbonyl (C=O) groups is 1. The summed E-state index contributed by atoms with van der Waals surface area (Å²) in [5.74, 6) is 0.262. The second kappa shape index (κ2) is 7.23. The molecular formula is C16H24FN3O3. The quantitative estimate of drug-likeness (QED) is 0.817. The number of likely N-dealkylation sites (N-methyl/N-ethyl adjacent to an activating group) is 1. The fourth-order valence-corrected chi connectivity index (χ4v) is 2.52. The number of hydrogen-bond acceptors (Lipinski definition) is 5. The van der Waals surface area contributed by atoms with Crippen LogP contribution in [0.25, 0.3) is 0 Å². The monoisotopic (exact) mass is 325 g/mol. The number of aromatic nitrogens is 1. The Balaban J connectivity index is 1.95. The maximum absolute atomic E-state index is 13.0. The van der Waals surface area contributed by atoms with Gasteiger partial charge >= 0.3 is 0 Å². The van der Waals surface area contributed by atoms with Gasteiger partial charge in [0.25, 0.3) is 0 Å². The van der Waals surface area contributed by atoms with Crippen molar-refractivity contribution < 1.29 is 18.7 Å². The molecule has 1 aromatic heterocycles. The lowest BCUT2D eigenvalue weighted by atomic mass is 10.1. The average molecular weight is 325 g/mol. The zero-order valence-electron chi connectivity index (χ0n) is 14.1. The zero-order valence-corrected chi connectivity index (χ0v) is 14.1. The Morgan fingerprint density at radius 1 is 1.52 bits per heavy atom. The second-order valence-electron chi connectivity index (χ2n) is 6.52. The fraction of sp³-hybridized carbons (Fsp3) is 0.625. The van der Waals surface area contributed by atoms with Gasteiger partial charge in [0.1, 0.15) is 18.2 Å². The molecule has 0 unspecified atom stereocenters. The van der Waals surface area contributed by atoms with E-state index >= 15 is 0 Å². The second-order valence-corrected chi connectivity index (χ2v) is 6.52. The summed E-state index contributed by atoms with van der Waals surface area (Å²) < 4.78 is 24.5. The van der Waals surface area contributed by atoms with Gasteiger partial charge in [-0.25, -0.2) is 9.37 Å². The lowest BCUT2D eigenvalue weighted by molar-refractivity contribution is -0.139. The van der Waals surface area contributed by atoms with Crippen LogP contribution in [0.15, 0.2) is 18.3 Å². The van der Waals surface area contributed by atoms with E-state index in [9.17, 15) is 9.18 Å². The highest BCUT2D eigenvalue weighted by Gasteiger charge is 2.34. The highest BCUT2D eigenvalue weighted by Crippen LogP contribution is 2.25. The fourth-order valence-electron chi connectivity index (χ4n) is 2.52. The van der Waals surface area contributed by atoms with Crippen LogP contribution < -0.4 is 4.90 Å². The molecule has 1 amide bonds. The van der Waals surface area contributed by atoms with E-state index in [1.807, 2.05) is 18.7 Å². The summed E-state index contributed by atoms with van der Waals surface area (Å²) in [4.78, 5) is 19.2. The third-order valence-corrected chi connectivity index (χ3v) is 3.55. The lowest BCUT2D eigenvalue weighted by Gasteiger charge is -2.43. The molecule has 6 nitrogen and oxygen atoms in total. The largest absolute Gasteiger partial charge is 0.369 e. The molecule has 23 heavy (non-hydrogen) atoms. The molecule has 1 saturated heterocycles. The predicted octanol–water partition coefficient (Wildman–Crippen LogP) is 1.31. The molecule has 0 saturated carbocycles. The van der Waals surface area contributed by atoms with E-state index in [2.05, 4.69) is 4.98 Å². The van der Waals surface area contributed by atoms with Crippen molar-refractivity contribution in [1.29, 1.82) is 0 Å². The molecule has 1 fully saturated rings. The smallest absolute Gasteiger partial charge is 0.248 e. The van der Waals surface area contributed by atoms with Crippen LogP contribution in [0.1, 0.15) is 13.8 Å². The van der Waals surface area contributed by atoms with E-state index in [1.54, 1.807) is 20.2 Å². The number of ether oxygens (including phenoxy) is 2. The van der Waals surface area contributed by atoms with Crippen molar-refractivity contribution in [2.45, 2.75) is 25.6 Å². The molecular weight excluding hydrogens is 301 g/mol. The van der Waals surface area contributed by atoms with Crippen LogP contribution in [-0.2, 0) is 14.3 Å². The van der Waals surface area contributed by atoms with Crippen LogP contribution in [0.2, 0.25) is 0 Å². The van der Waals surface area contributed by atoms with Crippen molar-refractivity contribution in [2.24, 2.45) is 0 Å².